The van der Waals surface area contributed by atoms with Gasteiger partial charge in [-0.3, -0.25) is 4.79 Å². The van der Waals surface area contributed by atoms with Crippen molar-refractivity contribution in [3.05, 3.63) is 71.0 Å². The van der Waals surface area contributed by atoms with Crippen molar-refractivity contribution in [2.45, 2.75) is 26.2 Å². The van der Waals surface area contributed by atoms with Gasteiger partial charge in [0.15, 0.2) is 0 Å². The number of hydrogen-bond donors (Lipinski definition) is 0. The van der Waals surface area contributed by atoms with Crippen LogP contribution in [0.3, 0.4) is 0 Å². The number of aryl methyl sites for hydroxylation is 1. The zero-order chi connectivity index (χ0) is 19.6. The number of Topliss-reactive ketones (excluding diaryl/α,β-unsaturated/α-hetero) is 2. The third kappa shape index (κ3) is 7.27. The first kappa shape index (κ1) is 20.7. The molecule has 0 fully saturated rings. The smallest absolute Gasteiger partial charge is 0.139 e. The van der Waals surface area contributed by atoms with Gasteiger partial charge < -0.3 is 9.53 Å². The van der Waals surface area contributed by atoms with Crippen LogP contribution < -0.4 is 0 Å². The fraction of sp³-hybridized carbons (Fsp3) is 0.304. The third-order valence-corrected chi connectivity index (χ3v) is 4.31. The summed E-state index contributed by atoms with van der Waals surface area (Å²) in [6, 6.07) is 14.3. The molecule has 0 aliphatic heterocycles. The Labute approximate surface area is 159 Å². The lowest BCUT2D eigenvalue weighted by atomic mass is 9.94. The van der Waals surface area contributed by atoms with Gasteiger partial charge in [0.25, 0.3) is 0 Å². The van der Waals surface area contributed by atoms with Gasteiger partial charge in [-0.25, -0.2) is 4.39 Å². The standard InChI is InChI=1S/C23H25FO3/c1-17(25)14-21(16-27-2)23(26)13-12-19-8-6-18(7-9-19)10-11-20-4-3-5-22(24)15-20/h3-11,15,21H,12-14,16H2,1-2H3/t21-/m1/s1. The van der Waals surface area contributed by atoms with Crippen molar-refractivity contribution in [1.29, 1.82) is 0 Å². The fourth-order valence-corrected chi connectivity index (χ4v) is 2.88. The Morgan fingerprint density at radius 2 is 1.78 bits per heavy atom. The number of hydrogen-bond acceptors (Lipinski definition) is 3. The first-order chi connectivity index (χ1) is 13.0. The molecule has 0 radical (unpaired) electrons. The summed E-state index contributed by atoms with van der Waals surface area (Å²) in [5.74, 6) is -0.559. The van der Waals surface area contributed by atoms with E-state index in [-0.39, 0.29) is 36.3 Å². The second-order valence-corrected chi connectivity index (χ2v) is 6.65. The van der Waals surface area contributed by atoms with E-state index in [9.17, 15) is 14.0 Å². The lowest BCUT2D eigenvalue weighted by molar-refractivity contribution is -0.128. The normalized spacial score (nSPS) is 12.3. The lowest BCUT2D eigenvalue weighted by Crippen LogP contribution is -2.22. The zero-order valence-corrected chi connectivity index (χ0v) is 15.8. The highest BCUT2D eigenvalue weighted by atomic mass is 19.1. The molecular formula is C23H25FO3. The largest absolute Gasteiger partial charge is 0.384 e. The van der Waals surface area contributed by atoms with E-state index >= 15 is 0 Å². The van der Waals surface area contributed by atoms with Crippen LogP contribution >= 0.6 is 0 Å². The van der Waals surface area contributed by atoms with Crippen molar-refractivity contribution in [3.8, 4) is 0 Å². The van der Waals surface area contributed by atoms with Crippen molar-refractivity contribution in [2.75, 3.05) is 13.7 Å². The Bertz CT molecular complexity index is 794. The molecule has 0 heterocycles. The van der Waals surface area contributed by atoms with E-state index in [0.29, 0.717) is 12.8 Å². The number of ketones is 2. The monoisotopic (exact) mass is 368 g/mol. The number of methoxy groups -OCH3 is 1. The summed E-state index contributed by atoms with van der Waals surface area (Å²) in [4.78, 5) is 23.6. The summed E-state index contributed by atoms with van der Waals surface area (Å²) in [6.07, 6.45) is 5.03. The van der Waals surface area contributed by atoms with Crippen LogP contribution in [-0.2, 0) is 20.7 Å². The van der Waals surface area contributed by atoms with Crippen LogP contribution in [0.15, 0.2) is 48.5 Å². The maximum Gasteiger partial charge on any atom is 0.139 e. The molecule has 2 aromatic carbocycles. The molecule has 0 aliphatic carbocycles. The summed E-state index contributed by atoms with van der Waals surface area (Å²) in [6.45, 7) is 1.77. The molecule has 0 N–H and O–H groups in total. The predicted octanol–water partition coefficient (Wildman–Crippen LogP) is 4.74. The van der Waals surface area contributed by atoms with Crippen LogP contribution in [0.2, 0.25) is 0 Å². The molecule has 0 spiro atoms. The van der Waals surface area contributed by atoms with E-state index in [1.165, 1.54) is 26.2 Å². The first-order valence-electron chi connectivity index (χ1n) is 9.01. The Balaban J connectivity index is 1.91. The van der Waals surface area contributed by atoms with Gasteiger partial charge in [0.1, 0.15) is 17.4 Å². The fourth-order valence-electron chi connectivity index (χ4n) is 2.88. The zero-order valence-electron chi connectivity index (χ0n) is 15.8. The first-order valence-corrected chi connectivity index (χ1v) is 9.01. The summed E-state index contributed by atoms with van der Waals surface area (Å²) >= 11 is 0. The summed E-state index contributed by atoms with van der Waals surface area (Å²) in [5.41, 5.74) is 2.87. The number of benzene rings is 2. The Hall–Kier alpha value is -2.59. The lowest BCUT2D eigenvalue weighted by Gasteiger charge is -2.13. The summed E-state index contributed by atoms with van der Waals surface area (Å²) < 4.78 is 18.2. The molecule has 3 nitrogen and oxygen atoms in total. The van der Waals surface area contributed by atoms with Crippen molar-refractivity contribution < 1.29 is 18.7 Å². The van der Waals surface area contributed by atoms with Gasteiger partial charge in [0.05, 0.1) is 6.61 Å². The molecule has 0 unspecified atom stereocenters. The number of carbonyl (C=O) groups excluding carboxylic acids is 2. The minimum atomic E-state index is -0.360. The SMILES string of the molecule is COC[C@@H](CC(C)=O)C(=O)CCc1ccc(C=Cc2cccc(F)c2)cc1. The molecule has 1 atom stereocenters. The number of rotatable bonds is 10. The molecule has 0 saturated carbocycles. The molecule has 2 aromatic rings. The minimum absolute atomic E-state index is 0.000151. The number of halogens is 1. The van der Waals surface area contributed by atoms with E-state index < -0.39 is 0 Å². The quantitative estimate of drug-likeness (QED) is 0.569. The van der Waals surface area contributed by atoms with Gasteiger partial charge in [-0.2, -0.15) is 0 Å². The van der Waals surface area contributed by atoms with Gasteiger partial charge >= 0.3 is 0 Å². The molecule has 0 aromatic heterocycles. The summed E-state index contributed by atoms with van der Waals surface area (Å²) in [5, 5.41) is 0. The van der Waals surface area contributed by atoms with Gasteiger partial charge in [-0.1, -0.05) is 48.6 Å². The van der Waals surface area contributed by atoms with Crippen LogP contribution in [0.4, 0.5) is 4.39 Å². The Morgan fingerprint density at radius 1 is 1.07 bits per heavy atom. The average Bonchev–Trinajstić information content (AvgIpc) is 2.64. The molecule has 27 heavy (non-hydrogen) atoms. The molecule has 0 amide bonds. The van der Waals surface area contributed by atoms with Crippen LogP contribution in [0.5, 0.6) is 0 Å². The van der Waals surface area contributed by atoms with Crippen molar-refractivity contribution in [3.63, 3.8) is 0 Å². The van der Waals surface area contributed by atoms with Crippen LogP contribution in [0, 0.1) is 11.7 Å². The van der Waals surface area contributed by atoms with Crippen molar-refractivity contribution in [2.24, 2.45) is 5.92 Å². The van der Waals surface area contributed by atoms with Gasteiger partial charge in [0.2, 0.25) is 0 Å². The van der Waals surface area contributed by atoms with Crippen LogP contribution in [-0.4, -0.2) is 25.3 Å². The summed E-state index contributed by atoms with van der Waals surface area (Å²) in [7, 11) is 1.54. The molecule has 142 valence electrons. The van der Waals surface area contributed by atoms with E-state index in [0.717, 1.165) is 16.7 Å². The van der Waals surface area contributed by atoms with Crippen LogP contribution in [0.25, 0.3) is 12.2 Å². The van der Waals surface area contributed by atoms with Crippen molar-refractivity contribution in [1.82, 2.24) is 0 Å². The highest BCUT2D eigenvalue weighted by molar-refractivity contribution is 5.87. The maximum atomic E-state index is 13.2. The van der Waals surface area contributed by atoms with Crippen molar-refractivity contribution >= 4 is 23.7 Å². The number of carbonyl (C=O) groups is 2. The molecular weight excluding hydrogens is 343 g/mol. The highest BCUT2D eigenvalue weighted by Crippen LogP contribution is 2.14. The van der Waals surface area contributed by atoms with E-state index in [4.69, 9.17) is 4.74 Å². The molecule has 0 aliphatic rings. The topological polar surface area (TPSA) is 43.4 Å². The Morgan fingerprint density at radius 3 is 2.41 bits per heavy atom. The van der Waals surface area contributed by atoms with E-state index in [1.54, 1.807) is 6.07 Å². The predicted molar refractivity (Wildman–Crippen MR) is 106 cm³/mol. The Kier molecular flexibility index (Phi) is 8.08. The maximum absolute atomic E-state index is 13.2. The molecule has 4 heteroatoms. The van der Waals surface area contributed by atoms with E-state index in [2.05, 4.69) is 0 Å². The highest BCUT2D eigenvalue weighted by Gasteiger charge is 2.19. The van der Waals surface area contributed by atoms with Gasteiger partial charge in [-0.15, -0.1) is 0 Å². The average molecular weight is 368 g/mol. The third-order valence-electron chi connectivity index (χ3n) is 4.31. The molecule has 0 saturated heterocycles. The number of ether oxygens (including phenoxy) is 1. The van der Waals surface area contributed by atoms with Crippen LogP contribution in [0.1, 0.15) is 36.5 Å². The van der Waals surface area contributed by atoms with Gasteiger partial charge in [0, 0.05) is 25.9 Å². The van der Waals surface area contributed by atoms with E-state index in [1.807, 2.05) is 42.5 Å². The van der Waals surface area contributed by atoms with Gasteiger partial charge in [-0.05, 0) is 42.2 Å². The second-order valence-electron chi connectivity index (χ2n) is 6.65. The second kappa shape index (κ2) is 10.5. The molecule has 0 bridgehead atoms. The minimum Gasteiger partial charge on any atom is -0.384 e. The molecule has 2 rings (SSSR count).